The molecule has 2 heterocycles. The number of alkyl halides is 3. The molecule has 0 aliphatic rings. The summed E-state index contributed by atoms with van der Waals surface area (Å²) in [6, 6.07) is 3.42. The van der Waals surface area contributed by atoms with Crippen molar-refractivity contribution in [2.75, 3.05) is 5.73 Å². The Hall–Kier alpha value is -2.51. The fourth-order valence-electron chi connectivity index (χ4n) is 2.23. The first kappa shape index (κ1) is 13.5. The monoisotopic (exact) mass is 295 g/mol. The Bertz CT molecular complexity index is 800. The van der Waals surface area contributed by atoms with Crippen LogP contribution in [0.15, 0.2) is 30.6 Å². The lowest BCUT2D eigenvalue weighted by Crippen LogP contribution is -2.05. The molecule has 0 saturated heterocycles. The van der Waals surface area contributed by atoms with Crippen LogP contribution in [0, 0.1) is 0 Å². The van der Waals surface area contributed by atoms with Crippen molar-refractivity contribution in [2.45, 2.75) is 12.7 Å². The van der Waals surface area contributed by atoms with Crippen LogP contribution in [0.25, 0.3) is 11.0 Å². The van der Waals surface area contributed by atoms with Gasteiger partial charge in [0.2, 0.25) is 5.95 Å². The number of benzene rings is 1. The maximum Gasteiger partial charge on any atom is 0.416 e. The number of fused-ring (bicyclic) bond motifs is 1. The summed E-state index contributed by atoms with van der Waals surface area (Å²) in [4.78, 5) is 4.00. The van der Waals surface area contributed by atoms with Crippen LogP contribution in [-0.2, 0) is 19.8 Å². The van der Waals surface area contributed by atoms with Crippen LogP contribution < -0.4 is 5.73 Å². The van der Waals surface area contributed by atoms with E-state index in [9.17, 15) is 13.2 Å². The number of nitrogens with zero attached hydrogens (tertiary/aromatic N) is 4. The van der Waals surface area contributed by atoms with Gasteiger partial charge in [0, 0.05) is 18.8 Å². The highest BCUT2D eigenvalue weighted by atomic mass is 19.4. The van der Waals surface area contributed by atoms with Gasteiger partial charge in [-0.2, -0.15) is 18.3 Å². The van der Waals surface area contributed by atoms with E-state index < -0.39 is 11.7 Å². The molecule has 0 saturated carbocycles. The highest BCUT2D eigenvalue weighted by molar-refractivity contribution is 5.79. The SMILES string of the molecule is Cn1cc(Cn2c(N)nc3cc(C(F)(F)F)ccc32)cn1. The zero-order valence-electron chi connectivity index (χ0n) is 11.1. The molecule has 8 heteroatoms. The van der Waals surface area contributed by atoms with Gasteiger partial charge in [0.05, 0.1) is 29.3 Å². The van der Waals surface area contributed by atoms with Gasteiger partial charge in [0.1, 0.15) is 0 Å². The lowest BCUT2D eigenvalue weighted by molar-refractivity contribution is -0.137. The van der Waals surface area contributed by atoms with Gasteiger partial charge in [0.25, 0.3) is 0 Å². The van der Waals surface area contributed by atoms with Crippen LogP contribution in [-0.4, -0.2) is 19.3 Å². The Kier molecular flexibility index (Phi) is 2.89. The van der Waals surface area contributed by atoms with Gasteiger partial charge in [-0.25, -0.2) is 4.98 Å². The average Bonchev–Trinajstić information content (AvgIpc) is 2.93. The van der Waals surface area contributed by atoms with E-state index in [2.05, 4.69) is 10.1 Å². The molecule has 110 valence electrons. The minimum Gasteiger partial charge on any atom is -0.369 e. The molecule has 2 N–H and O–H groups in total. The van der Waals surface area contributed by atoms with Gasteiger partial charge >= 0.3 is 6.18 Å². The first-order valence-electron chi connectivity index (χ1n) is 6.15. The average molecular weight is 295 g/mol. The number of rotatable bonds is 2. The van der Waals surface area contributed by atoms with E-state index in [1.807, 2.05) is 6.20 Å². The smallest absolute Gasteiger partial charge is 0.369 e. The quantitative estimate of drug-likeness (QED) is 0.789. The van der Waals surface area contributed by atoms with Crippen molar-refractivity contribution in [1.82, 2.24) is 19.3 Å². The third kappa shape index (κ3) is 2.44. The molecule has 0 spiro atoms. The number of aryl methyl sites for hydroxylation is 1. The zero-order valence-corrected chi connectivity index (χ0v) is 11.1. The van der Waals surface area contributed by atoms with Crippen molar-refractivity contribution >= 4 is 17.0 Å². The van der Waals surface area contributed by atoms with Crippen LogP contribution in [0.1, 0.15) is 11.1 Å². The minimum absolute atomic E-state index is 0.174. The predicted molar refractivity (Wildman–Crippen MR) is 71.5 cm³/mol. The van der Waals surface area contributed by atoms with E-state index in [0.717, 1.165) is 17.7 Å². The Balaban J connectivity index is 2.05. The van der Waals surface area contributed by atoms with Crippen molar-refractivity contribution in [3.05, 3.63) is 41.7 Å². The number of anilines is 1. The zero-order chi connectivity index (χ0) is 15.2. The second-order valence-corrected chi connectivity index (χ2v) is 4.78. The summed E-state index contributed by atoms with van der Waals surface area (Å²) in [7, 11) is 1.79. The number of halogens is 3. The molecule has 1 aromatic carbocycles. The number of nitrogen functional groups attached to an aromatic ring is 1. The van der Waals surface area contributed by atoms with Gasteiger partial charge < -0.3 is 10.3 Å². The van der Waals surface area contributed by atoms with Gasteiger partial charge in [-0.1, -0.05) is 0 Å². The van der Waals surface area contributed by atoms with Gasteiger partial charge in [0.15, 0.2) is 0 Å². The molecule has 0 aliphatic heterocycles. The molecule has 0 aliphatic carbocycles. The Labute approximate surface area is 117 Å². The molecule has 21 heavy (non-hydrogen) atoms. The van der Waals surface area contributed by atoms with Crippen LogP contribution in [0.4, 0.5) is 19.1 Å². The van der Waals surface area contributed by atoms with Crippen LogP contribution in [0.5, 0.6) is 0 Å². The number of nitrogens with two attached hydrogens (primary N) is 1. The fraction of sp³-hybridized carbons (Fsp3) is 0.231. The predicted octanol–water partition coefficient (Wildman–Crippen LogP) is 2.42. The van der Waals surface area contributed by atoms with Gasteiger partial charge in [-0.15, -0.1) is 0 Å². The number of hydrogen-bond acceptors (Lipinski definition) is 3. The molecule has 0 bridgehead atoms. The summed E-state index contributed by atoms with van der Waals surface area (Å²) < 4.78 is 41.4. The largest absolute Gasteiger partial charge is 0.416 e. The lowest BCUT2D eigenvalue weighted by Gasteiger charge is -2.07. The molecular formula is C13H12F3N5. The molecule has 3 aromatic rings. The third-order valence-electron chi connectivity index (χ3n) is 3.20. The van der Waals surface area contributed by atoms with Crippen molar-refractivity contribution in [1.29, 1.82) is 0 Å². The van der Waals surface area contributed by atoms with Gasteiger partial charge in [-0.05, 0) is 18.2 Å². The van der Waals surface area contributed by atoms with Crippen molar-refractivity contribution < 1.29 is 13.2 Å². The Morgan fingerprint density at radius 2 is 2.05 bits per heavy atom. The van der Waals surface area contributed by atoms with E-state index >= 15 is 0 Å². The normalized spacial score (nSPS) is 12.2. The van der Waals surface area contributed by atoms with Crippen molar-refractivity contribution in [3.63, 3.8) is 0 Å². The Morgan fingerprint density at radius 3 is 2.67 bits per heavy atom. The second kappa shape index (κ2) is 4.51. The van der Waals surface area contributed by atoms with E-state index in [0.29, 0.717) is 12.1 Å². The highest BCUT2D eigenvalue weighted by Crippen LogP contribution is 2.32. The van der Waals surface area contributed by atoms with Crippen molar-refractivity contribution in [3.8, 4) is 0 Å². The molecule has 5 nitrogen and oxygen atoms in total. The van der Waals surface area contributed by atoms with Crippen LogP contribution in [0.3, 0.4) is 0 Å². The standard InChI is InChI=1S/C13H12F3N5/c1-20-6-8(5-18-20)7-21-11-3-2-9(13(14,15)16)4-10(11)19-12(21)17/h2-6H,7H2,1H3,(H2,17,19). The molecule has 0 unspecified atom stereocenters. The van der Waals surface area contributed by atoms with E-state index in [1.54, 1.807) is 22.5 Å². The summed E-state index contributed by atoms with van der Waals surface area (Å²) in [6.07, 6.45) is -0.902. The van der Waals surface area contributed by atoms with E-state index in [-0.39, 0.29) is 11.5 Å². The fourth-order valence-corrected chi connectivity index (χ4v) is 2.23. The summed E-state index contributed by atoms with van der Waals surface area (Å²) in [5, 5.41) is 4.05. The lowest BCUT2D eigenvalue weighted by atomic mass is 10.2. The van der Waals surface area contributed by atoms with Crippen LogP contribution in [0.2, 0.25) is 0 Å². The first-order chi connectivity index (χ1) is 9.84. The molecular weight excluding hydrogens is 283 g/mol. The maximum absolute atomic E-state index is 12.7. The number of hydrogen-bond donors (Lipinski definition) is 1. The number of imidazole rings is 1. The molecule has 0 fully saturated rings. The Morgan fingerprint density at radius 1 is 1.29 bits per heavy atom. The molecule has 0 radical (unpaired) electrons. The van der Waals surface area contributed by atoms with Gasteiger partial charge in [-0.3, -0.25) is 4.68 Å². The van der Waals surface area contributed by atoms with Crippen LogP contribution >= 0.6 is 0 Å². The van der Waals surface area contributed by atoms with E-state index in [4.69, 9.17) is 5.73 Å². The van der Waals surface area contributed by atoms with E-state index in [1.165, 1.54) is 6.07 Å². The maximum atomic E-state index is 12.7. The van der Waals surface area contributed by atoms with Crippen molar-refractivity contribution in [2.24, 2.45) is 7.05 Å². The minimum atomic E-state index is -4.39. The summed E-state index contributed by atoms with van der Waals surface area (Å²) >= 11 is 0. The topological polar surface area (TPSA) is 61.7 Å². The highest BCUT2D eigenvalue weighted by Gasteiger charge is 2.31. The second-order valence-electron chi connectivity index (χ2n) is 4.78. The molecule has 0 atom stereocenters. The molecule has 3 rings (SSSR count). The summed E-state index contributed by atoms with van der Waals surface area (Å²) in [6.45, 7) is 0.404. The number of aromatic nitrogens is 4. The summed E-state index contributed by atoms with van der Waals surface area (Å²) in [5.41, 5.74) is 6.75. The summed E-state index contributed by atoms with van der Waals surface area (Å²) in [5.74, 6) is 0.174. The third-order valence-corrected chi connectivity index (χ3v) is 3.20. The molecule has 2 aromatic heterocycles. The molecule has 0 amide bonds. The first-order valence-corrected chi connectivity index (χ1v) is 6.15.